The lowest BCUT2D eigenvalue weighted by Crippen LogP contribution is -2.18. The van der Waals surface area contributed by atoms with Gasteiger partial charge < -0.3 is 10.6 Å². The first-order chi connectivity index (χ1) is 11.5. The van der Waals surface area contributed by atoms with E-state index in [1.165, 1.54) is 16.0 Å². The first-order valence-electron chi connectivity index (χ1n) is 7.81. The van der Waals surface area contributed by atoms with Gasteiger partial charge in [0.1, 0.15) is 0 Å². The van der Waals surface area contributed by atoms with E-state index >= 15 is 0 Å². The van der Waals surface area contributed by atoms with E-state index in [-0.39, 0.29) is 11.8 Å². The highest BCUT2D eigenvalue weighted by Gasteiger charge is 2.07. The monoisotopic (exact) mass is 342 g/mol. The van der Waals surface area contributed by atoms with Crippen molar-refractivity contribution in [2.75, 3.05) is 18.1 Å². The number of thioether (sulfide) groups is 1. The fraction of sp³-hybridized carbons (Fsp3) is 0.263. The van der Waals surface area contributed by atoms with Crippen molar-refractivity contribution in [2.24, 2.45) is 0 Å². The molecule has 0 saturated carbocycles. The van der Waals surface area contributed by atoms with Crippen LogP contribution in [-0.4, -0.2) is 24.6 Å². The number of hydrogen-bond acceptors (Lipinski definition) is 3. The Kier molecular flexibility index (Phi) is 6.44. The van der Waals surface area contributed by atoms with Crippen molar-refractivity contribution in [1.29, 1.82) is 0 Å². The van der Waals surface area contributed by atoms with Crippen molar-refractivity contribution in [2.45, 2.75) is 25.2 Å². The van der Waals surface area contributed by atoms with E-state index in [4.69, 9.17) is 0 Å². The number of aryl methyl sites for hydroxylation is 2. The van der Waals surface area contributed by atoms with Crippen LogP contribution in [0.1, 0.15) is 27.9 Å². The molecule has 0 spiro atoms. The summed E-state index contributed by atoms with van der Waals surface area (Å²) in [6, 6.07) is 13.2. The molecule has 5 heteroatoms. The fourth-order valence-electron chi connectivity index (χ4n) is 2.17. The largest absolute Gasteiger partial charge is 0.355 e. The predicted octanol–water partition coefficient (Wildman–Crippen LogP) is 3.78. The van der Waals surface area contributed by atoms with Crippen LogP contribution >= 0.6 is 11.8 Å². The van der Waals surface area contributed by atoms with E-state index in [0.717, 1.165) is 0 Å². The van der Waals surface area contributed by atoms with E-state index in [1.54, 1.807) is 43.1 Å². The van der Waals surface area contributed by atoms with Gasteiger partial charge in [0.05, 0.1) is 0 Å². The van der Waals surface area contributed by atoms with E-state index < -0.39 is 0 Å². The Morgan fingerprint density at radius 1 is 1.04 bits per heavy atom. The fourth-order valence-corrected chi connectivity index (χ4v) is 3.12. The van der Waals surface area contributed by atoms with Crippen molar-refractivity contribution in [3.05, 3.63) is 59.2 Å². The molecule has 2 aromatic carbocycles. The van der Waals surface area contributed by atoms with Gasteiger partial charge >= 0.3 is 0 Å². The molecule has 126 valence electrons. The van der Waals surface area contributed by atoms with Crippen molar-refractivity contribution >= 4 is 29.3 Å². The van der Waals surface area contributed by atoms with E-state index in [9.17, 15) is 9.59 Å². The van der Waals surface area contributed by atoms with Crippen molar-refractivity contribution in [1.82, 2.24) is 5.32 Å². The molecule has 4 nitrogen and oxygen atoms in total. The maximum atomic E-state index is 12.0. The van der Waals surface area contributed by atoms with Crippen molar-refractivity contribution in [3.63, 3.8) is 0 Å². The molecule has 24 heavy (non-hydrogen) atoms. The van der Waals surface area contributed by atoms with Gasteiger partial charge in [0.2, 0.25) is 5.91 Å². The van der Waals surface area contributed by atoms with E-state index in [0.29, 0.717) is 23.4 Å². The van der Waals surface area contributed by atoms with Gasteiger partial charge in [-0.1, -0.05) is 12.1 Å². The van der Waals surface area contributed by atoms with Gasteiger partial charge in [-0.15, -0.1) is 11.8 Å². The lowest BCUT2D eigenvalue weighted by atomic mass is 10.1. The summed E-state index contributed by atoms with van der Waals surface area (Å²) < 4.78 is 0. The third-order valence-electron chi connectivity index (χ3n) is 3.71. The molecule has 0 heterocycles. The minimum atomic E-state index is -0.170. The zero-order valence-electron chi connectivity index (χ0n) is 14.2. The van der Waals surface area contributed by atoms with Crippen LogP contribution < -0.4 is 10.6 Å². The summed E-state index contributed by atoms with van der Waals surface area (Å²) in [4.78, 5) is 24.8. The number of benzene rings is 2. The number of amides is 2. The van der Waals surface area contributed by atoms with E-state index in [1.807, 2.05) is 0 Å². The topological polar surface area (TPSA) is 58.2 Å². The standard InChI is InChI=1S/C19H22N2O2S/c1-13-7-8-17(11-14(13)2)24-10-9-18(22)21-16-6-4-5-15(12-16)19(23)20-3/h4-8,11-12H,9-10H2,1-3H3,(H,20,23)(H,21,22). The van der Waals surface area contributed by atoms with Gasteiger partial charge in [0.25, 0.3) is 5.91 Å². The summed E-state index contributed by atoms with van der Waals surface area (Å²) in [5.41, 5.74) is 3.70. The van der Waals surface area contributed by atoms with Crippen molar-refractivity contribution < 1.29 is 9.59 Å². The maximum absolute atomic E-state index is 12.0. The molecule has 2 rings (SSSR count). The number of carbonyl (C=O) groups is 2. The molecular weight excluding hydrogens is 320 g/mol. The molecule has 0 aliphatic carbocycles. The van der Waals surface area contributed by atoms with Gasteiger partial charge in [0, 0.05) is 35.4 Å². The molecule has 0 radical (unpaired) electrons. The van der Waals surface area contributed by atoms with Crippen molar-refractivity contribution in [3.8, 4) is 0 Å². The smallest absolute Gasteiger partial charge is 0.251 e. The molecule has 0 saturated heterocycles. The van der Waals surface area contributed by atoms with Crippen LogP contribution in [0.5, 0.6) is 0 Å². The molecule has 2 N–H and O–H groups in total. The van der Waals surface area contributed by atoms with Crippen LogP contribution in [0.25, 0.3) is 0 Å². The Bertz CT molecular complexity index is 744. The quantitative estimate of drug-likeness (QED) is 0.786. The summed E-state index contributed by atoms with van der Waals surface area (Å²) in [7, 11) is 1.58. The first-order valence-corrected chi connectivity index (χ1v) is 8.80. The minimum Gasteiger partial charge on any atom is -0.355 e. The van der Waals surface area contributed by atoms with Crippen LogP contribution in [-0.2, 0) is 4.79 Å². The number of nitrogens with one attached hydrogen (secondary N) is 2. The van der Waals surface area contributed by atoms with Crippen LogP contribution in [0.2, 0.25) is 0 Å². The lowest BCUT2D eigenvalue weighted by Gasteiger charge is -2.08. The Balaban J connectivity index is 1.85. The number of anilines is 1. The summed E-state index contributed by atoms with van der Waals surface area (Å²) in [5.74, 6) is 0.487. The summed E-state index contributed by atoms with van der Waals surface area (Å²) in [5, 5.41) is 5.40. The highest BCUT2D eigenvalue weighted by Crippen LogP contribution is 2.22. The average molecular weight is 342 g/mol. The minimum absolute atomic E-state index is 0.0552. The van der Waals surface area contributed by atoms with E-state index in [2.05, 4.69) is 42.7 Å². The lowest BCUT2D eigenvalue weighted by molar-refractivity contribution is -0.115. The third-order valence-corrected chi connectivity index (χ3v) is 4.71. The van der Waals surface area contributed by atoms with Crippen LogP contribution in [0.15, 0.2) is 47.4 Å². The molecule has 2 aromatic rings. The average Bonchev–Trinajstić information content (AvgIpc) is 2.57. The van der Waals surface area contributed by atoms with Gasteiger partial charge in [0.15, 0.2) is 0 Å². The molecule has 0 aliphatic heterocycles. The predicted molar refractivity (Wildman–Crippen MR) is 99.7 cm³/mol. The van der Waals surface area contributed by atoms with Gasteiger partial charge in [-0.05, 0) is 55.3 Å². The summed E-state index contributed by atoms with van der Waals surface area (Å²) >= 11 is 1.67. The molecule has 2 amide bonds. The second-order valence-electron chi connectivity index (χ2n) is 5.55. The zero-order valence-corrected chi connectivity index (χ0v) is 15.0. The Hall–Kier alpha value is -2.27. The second kappa shape index (κ2) is 8.55. The van der Waals surface area contributed by atoms with Gasteiger partial charge in [-0.3, -0.25) is 9.59 Å². The first kappa shape index (κ1) is 18.1. The van der Waals surface area contributed by atoms with Crippen LogP contribution in [0.3, 0.4) is 0 Å². The Labute approximate surface area is 147 Å². The molecule has 0 fully saturated rings. The highest BCUT2D eigenvalue weighted by atomic mass is 32.2. The Morgan fingerprint density at radius 2 is 1.83 bits per heavy atom. The Morgan fingerprint density at radius 3 is 2.54 bits per heavy atom. The SMILES string of the molecule is CNC(=O)c1cccc(NC(=O)CCSc2ccc(C)c(C)c2)c1. The van der Waals surface area contributed by atoms with Gasteiger partial charge in [-0.2, -0.15) is 0 Å². The zero-order chi connectivity index (χ0) is 17.5. The van der Waals surface area contributed by atoms with Gasteiger partial charge in [-0.25, -0.2) is 0 Å². The summed E-state index contributed by atoms with van der Waals surface area (Å²) in [6.45, 7) is 4.18. The second-order valence-corrected chi connectivity index (χ2v) is 6.72. The molecule has 0 aromatic heterocycles. The highest BCUT2D eigenvalue weighted by molar-refractivity contribution is 7.99. The molecule has 0 aliphatic rings. The molecule has 0 atom stereocenters. The molecule has 0 bridgehead atoms. The number of hydrogen-bond donors (Lipinski definition) is 2. The molecular formula is C19H22N2O2S. The normalized spacial score (nSPS) is 10.3. The number of carbonyl (C=O) groups excluding carboxylic acids is 2. The van der Waals surface area contributed by atoms with Crippen LogP contribution in [0.4, 0.5) is 5.69 Å². The summed E-state index contributed by atoms with van der Waals surface area (Å²) in [6.07, 6.45) is 0.418. The number of rotatable bonds is 6. The van der Waals surface area contributed by atoms with Crippen LogP contribution in [0, 0.1) is 13.8 Å². The maximum Gasteiger partial charge on any atom is 0.251 e. The third kappa shape index (κ3) is 5.13. The molecule has 0 unspecified atom stereocenters.